The molecule has 1 aliphatic rings. The molecule has 3 aromatic carbocycles. The quantitative estimate of drug-likeness (QED) is 0.625. The second-order valence-corrected chi connectivity index (χ2v) is 6.92. The SMILES string of the molecule is C[C@H](OC(=O)c1ccccc1Cc1ccccc1)C(=O)Nc1ccc2c(c1)OCO2. The van der Waals surface area contributed by atoms with E-state index < -0.39 is 18.0 Å². The first-order valence-corrected chi connectivity index (χ1v) is 9.63. The van der Waals surface area contributed by atoms with E-state index >= 15 is 0 Å². The summed E-state index contributed by atoms with van der Waals surface area (Å²) in [5, 5.41) is 2.73. The van der Waals surface area contributed by atoms with E-state index in [9.17, 15) is 9.59 Å². The molecule has 1 N–H and O–H groups in total. The standard InChI is InChI=1S/C24H21NO5/c1-16(23(26)25-19-11-12-21-22(14-19)29-15-28-21)30-24(27)20-10-6-5-9-18(20)13-17-7-3-2-4-8-17/h2-12,14,16H,13,15H2,1H3,(H,25,26)/t16-/m0/s1. The molecule has 152 valence electrons. The van der Waals surface area contributed by atoms with E-state index in [0.29, 0.717) is 29.2 Å². The molecule has 1 atom stereocenters. The van der Waals surface area contributed by atoms with Crippen LogP contribution in [0.1, 0.15) is 28.4 Å². The van der Waals surface area contributed by atoms with Gasteiger partial charge in [0.15, 0.2) is 17.6 Å². The highest BCUT2D eigenvalue weighted by Gasteiger charge is 2.22. The molecular formula is C24H21NO5. The number of benzene rings is 3. The fourth-order valence-electron chi connectivity index (χ4n) is 3.19. The Balaban J connectivity index is 1.41. The molecule has 0 fully saturated rings. The number of amides is 1. The molecule has 6 nitrogen and oxygen atoms in total. The molecule has 3 aromatic rings. The highest BCUT2D eigenvalue weighted by molar-refractivity contribution is 5.98. The predicted molar refractivity (Wildman–Crippen MR) is 112 cm³/mol. The van der Waals surface area contributed by atoms with Crippen LogP contribution in [0.2, 0.25) is 0 Å². The van der Waals surface area contributed by atoms with Gasteiger partial charge in [0, 0.05) is 11.8 Å². The van der Waals surface area contributed by atoms with Gasteiger partial charge in [-0.2, -0.15) is 0 Å². The maximum absolute atomic E-state index is 12.7. The lowest BCUT2D eigenvalue weighted by Crippen LogP contribution is -2.30. The molecule has 0 aromatic heterocycles. The summed E-state index contributed by atoms with van der Waals surface area (Å²) in [6.45, 7) is 1.70. The number of nitrogens with one attached hydrogen (secondary N) is 1. The molecular weight excluding hydrogens is 382 g/mol. The first-order chi connectivity index (χ1) is 14.6. The van der Waals surface area contributed by atoms with Crippen LogP contribution in [0.25, 0.3) is 0 Å². The summed E-state index contributed by atoms with van der Waals surface area (Å²) in [6, 6.07) is 22.2. The Morgan fingerprint density at radius 3 is 2.53 bits per heavy atom. The van der Waals surface area contributed by atoms with Crippen molar-refractivity contribution in [2.24, 2.45) is 0 Å². The smallest absolute Gasteiger partial charge is 0.339 e. The number of hydrogen-bond donors (Lipinski definition) is 1. The minimum Gasteiger partial charge on any atom is -0.454 e. The minimum absolute atomic E-state index is 0.156. The van der Waals surface area contributed by atoms with Crippen molar-refractivity contribution in [2.45, 2.75) is 19.4 Å². The molecule has 0 saturated carbocycles. The zero-order chi connectivity index (χ0) is 20.9. The van der Waals surface area contributed by atoms with Crippen LogP contribution >= 0.6 is 0 Å². The molecule has 0 spiro atoms. The molecule has 0 saturated heterocycles. The number of fused-ring (bicyclic) bond motifs is 1. The summed E-state index contributed by atoms with van der Waals surface area (Å²) >= 11 is 0. The molecule has 0 bridgehead atoms. The van der Waals surface area contributed by atoms with E-state index in [1.54, 1.807) is 37.3 Å². The lowest BCUT2D eigenvalue weighted by molar-refractivity contribution is -0.123. The average molecular weight is 403 g/mol. The highest BCUT2D eigenvalue weighted by Crippen LogP contribution is 2.34. The van der Waals surface area contributed by atoms with Gasteiger partial charge in [-0.05, 0) is 42.7 Å². The van der Waals surface area contributed by atoms with E-state index in [1.165, 1.54) is 0 Å². The molecule has 4 rings (SSSR count). The van der Waals surface area contributed by atoms with Gasteiger partial charge in [0.1, 0.15) is 0 Å². The van der Waals surface area contributed by atoms with Gasteiger partial charge >= 0.3 is 5.97 Å². The average Bonchev–Trinajstić information content (AvgIpc) is 3.22. The van der Waals surface area contributed by atoms with Crippen LogP contribution in [0.15, 0.2) is 72.8 Å². The Bertz CT molecular complexity index is 1060. The lowest BCUT2D eigenvalue weighted by Gasteiger charge is -2.15. The summed E-state index contributed by atoms with van der Waals surface area (Å²) < 4.78 is 16.0. The molecule has 0 aliphatic carbocycles. The number of carbonyl (C=O) groups is 2. The summed E-state index contributed by atoms with van der Waals surface area (Å²) in [5.41, 5.74) is 2.92. The summed E-state index contributed by atoms with van der Waals surface area (Å²) in [4.78, 5) is 25.2. The zero-order valence-corrected chi connectivity index (χ0v) is 16.5. The number of anilines is 1. The van der Waals surface area contributed by atoms with Crippen LogP contribution in [-0.2, 0) is 16.0 Å². The number of hydrogen-bond acceptors (Lipinski definition) is 5. The first kappa shape index (κ1) is 19.5. The molecule has 1 heterocycles. The molecule has 6 heteroatoms. The Kier molecular flexibility index (Phi) is 5.66. The summed E-state index contributed by atoms with van der Waals surface area (Å²) in [5.74, 6) is 0.229. The highest BCUT2D eigenvalue weighted by atomic mass is 16.7. The number of esters is 1. The number of carbonyl (C=O) groups excluding carboxylic acids is 2. The maximum Gasteiger partial charge on any atom is 0.339 e. The van der Waals surface area contributed by atoms with Crippen LogP contribution in [0.3, 0.4) is 0 Å². The second-order valence-electron chi connectivity index (χ2n) is 6.92. The van der Waals surface area contributed by atoms with Crippen molar-refractivity contribution in [1.29, 1.82) is 0 Å². The van der Waals surface area contributed by atoms with E-state index in [2.05, 4.69) is 5.32 Å². The van der Waals surface area contributed by atoms with E-state index in [4.69, 9.17) is 14.2 Å². The molecule has 1 aliphatic heterocycles. The zero-order valence-electron chi connectivity index (χ0n) is 16.5. The van der Waals surface area contributed by atoms with Crippen LogP contribution < -0.4 is 14.8 Å². The Morgan fingerprint density at radius 1 is 0.967 bits per heavy atom. The van der Waals surface area contributed by atoms with Crippen molar-refractivity contribution < 1.29 is 23.8 Å². The normalized spacial score (nSPS) is 12.8. The van der Waals surface area contributed by atoms with E-state index in [-0.39, 0.29) is 6.79 Å². The minimum atomic E-state index is -0.965. The largest absolute Gasteiger partial charge is 0.454 e. The van der Waals surface area contributed by atoms with Crippen molar-refractivity contribution >= 4 is 17.6 Å². The maximum atomic E-state index is 12.7. The van der Waals surface area contributed by atoms with Crippen LogP contribution in [-0.4, -0.2) is 24.8 Å². The Hall–Kier alpha value is -3.80. The molecule has 30 heavy (non-hydrogen) atoms. The third-order valence-electron chi connectivity index (χ3n) is 4.77. The summed E-state index contributed by atoms with van der Waals surface area (Å²) in [6.07, 6.45) is -0.364. The van der Waals surface area contributed by atoms with Crippen molar-refractivity contribution in [3.63, 3.8) is 0 Å². The van der Waals surface area contributed by atoms with Gasteiger partial charge in [-0.25, -0.2) is 4.79 Å². The van der Waals surface area contributed by atoms with Gasteiger partial charge in [0.05, 0.1) is 5.56 Å². The van der Waals surface area contributed by atoms with Crippen LogP contribution in [0.5, 0.6) is 11.5 Å². The predicted octanol–water partition coefficient (Wildman–Crippen LogP) is 4.19. The van der Waals surface area contributed by atoms with Crippen molar-refractivity contribution in [3.8, 4) is 11.5 Å². The van der Waals surface area contributed by atoms with Gasteiger partial charge in [0.25, 0.3) is 5.91 Å². The number of ether oxygens (including phenoxy) is 3. The number of rotatable bonds is 6. The van der Waals surface area contributed by atoms with Crippen LogP contribution in [0, 0.1) is 0 Å². The summed E-state index contributed by atoms with van der Waals surface area (Å²) in [7, 11) is 0. The first-order valence-electron chi connectivity index (χ1n) is 9.63. The van der Waals surface area contributed by atoms with E-state index in [1.807, 2.05) is 42.5 Å². The third-order valence-corrected chi connectivity index (χ3v) is 4.77. The van der Waals surface area contributed by atoms with E-state index in [0.717, 1.165) is 11.1 Å². The molecule has 1 amide bonds. The molecule has 0 unspecified atom stereocenters. The fourth-order valence-corrected chi connectivity index (χ4v) is 3.19. The van der Waals surface area contributed by atoms with Crippen molar-refractivity contribution in [2.75, 3.05) is 12.1 Å². The van der Waals surface area contributed by atoms with Gasteiger partial charge < -0.3 is 19.5 Å². The Morgan fingerprint density at radius 2 is 1.70 bits per heavy atom. The van der Waals surface area contributed by atoms with Gasteiger partial charge in [-0.1, -0.05) is 48.5 Å². The van der Waals surface area contributed by atoms with Gasteiger partial charge in [-0.15, -0.1) is 0 Å². The molecule has 0 radical (unpaired) electrons. The topological polar surface area (TPSA) is 73.9 Å². The monoisotopic (exact) mass is 403 g/mol. The fraction of sp³-hybridized carbons (Fsp3) is 0.167. The van der Waals surface area contributed by atoms with Crippen molar-refractivity contribution in [1.82, 2.24) is 0 Å². The third kappa shape index (κ3) is 4.43. The van der Waals surface area contributed by atoms with Gasteiger partial charge in [0.2, 0.25) is 6.79 Å². The second kappa shape index (κ2) is 8.69. The van der Waals surface area contributed by atoms with Crippen molar-refractivity contribution in [3.05, 3.63) is 89.5 Å². The van der Waals surface area contributed by atoms with Gasteiger partial charge in [-0.3, -0.25) is 4.79 Å². The van der Waals surface area contributed by atoms with Crippen LogP contribution in [0.4, 0.5) is 5.69 Å². The Labute approximate surface area is 174 Å². The lowest BCUT2D eigenvalue weighted by atomic mass is 10.00.